The van der Waals surface area contributed by atoms with Crippen molar-refractivity contribution in [3.05, 3.63) is 27.5 Å². The zero-order chi connectivity index (χ0) is 8.72. The van der Waals surface area contributed by atoms with E-state index in [1.165, 1.54) is 8.97 Å². The van der Waals surface area contributed by atoms with E-state index in [1.807, 2.05) is 0 Å². The summed E-state index contributed by atoms with van der Waals surface area (Å²) in [5, 5.41) is 6.34. The van der Waals surface area contributed by atoms with Gasteiger partial charge in [0, 0.05) is 19.4 Å². The molecule has 2 rings (SSSR count). The molecular formula is C6H6N4OS. The first-order valence-electron chi connectivity index (χ1n) is 3.32. The van der Waals surface area contributed by atoms with Crippen LogP contribution in [-0.4, -0.2) is 19.2 Å². The van der Waals surface area contributed by atoms with Gasteiger partial charge in [0.05, 0.1) is 0 Å². The largest absolute Gasteiger partial charge is 0.314 e. The molecular weight excluding hydrogens is 176 g/mol. The Hall–Kier alpha value is -1.43. The van der Waals surface area contributed by atoms with Gasteiger partial charge >= 0.3 is 0 Å². The zero-order valence-corrected chi connectivity index (χ0v) is 7.13. The number of hydrogen-bond donors (Lipinski definition) is 1. The Morgan fingerprint density at radius 2 is 2.33 bits per heavy atom. The smallest absolute Gasteiger partial charge is 0.295 e. The number of fused-ring (bicyclic) bond motifs is 1. The van der Waals surface area contributed by atoms with Crippen molar-refractivity contribution in [2.24, 2.45) is 7.05 Å². The van der Waals surface area contributed by atoms with Crippen molar-refractivity contribution in [2.75, 3.05) is 0 Å². The van der Waals surface area contributed by atoms with Crippen LogP contribution in [0, 0.1) is 4.77 Å². The SMILES string of the molecule is Cn1ccn2c(=S)[nH]nc2c1=O. The van der Waals surface area contributed by atoms with Crippen molar-refractivity contribution in [3.8, 4) is 0 Å². The van der Waals surface area contributed by atoms with E-state index in [0.717, 1.165) is 0 Å². The Morgan fingerprint density at radius 3 is 3.08 bits per heavy atom. The number of aromatic amines is 1. The minimum atomic E-state index is -0.162. The minimum absolute atomic E-state index is 0.162. The third kappa shape index (κ3) is 0.814. The summed E-state index contributed by atoms with van der Waals surface area (Å²) >= 11 is 4.89. The minimum Gasteiger partial charge on any atom is -0.314 e. The van der Waals surface area contributed by atoms with Crippen molar-refractivity contribution in [1.29, 1.82) is 0 Å². The molecule has 2 aromatic rings. The normalized spacial score (nSPS) is 10.8. The zero-order valence-electron chi connectivity index (χ0n) is 6.31. The van der Waals surface area contributed by atoms with Gasteiger partial charge in [-0.15, -0.1) is 5.10 Å². The predicted molar refractivity (Wildman–Crippen MR) is 45.6 cm³/mol. The van der Waals surface area contributed by atoms with Gasteiger partial charge in [0.15, 0.2) is 4.77 Å². The summed E-state index contributed by atoms with van der Waals surface area (Å²) in [4.78, 5) is 11.4. The maximum atomic E-state index is 11.4. The molecule has 0 saturated carbocycles. The molecule has 0 bridgehead atoms. The van der Waals surface area contributed by atoms with Crippen molar-refractivity contribution in [1.82, 2.24) is 19.2 Å². The lowest BCUT2D eigenvalue weighted by Gasteiger charge is -1.94. The fourth-order valence-electron chi connectivity index (χ4n) is 0.986. The van der Waals surface area contributed by atoms with Gasteiger partial charge in [0.2, 0.25) is 5.65 Å². The molecule has 0 aliphatic carbocycles. The average molecular weight is 182 g/mol. The predicted octanol–water partition coefficient (Wildman–Crippen LogP) is 0.0906. The Balaban J connectivity index is 3.13. The lowest BCUT2D eigenvalue weighted by atomic mass is 10.6. The second-order valence-electron chi connectivity index (χ2n) is 2.44. The molecule has 6 heteroatoms. The van der Waals surface area contributed by atoms with Crippen LogP contribution in [0.4, 0.5) is 0 Å². The average Bonchev–Trinajstić information content (AvgIpc) is 2.41. The molecule has 1 N–H and O–H groups in total. The summed E-state index contributed by atoms with van der Waals surface area (Å²) in [6.07, 6.45) is 3.34. The van der Waals surface area contributed by atoms with Crippen LogP contribution in [0.15, 0.2) is 17.2 Å². The second kappa shape index (κ2) is 2.28. The molecule has 0 spiro atoms. The van der Waals surface area contributed by atoms with E-state index in [-0.39, 0.29) is 5.56 Å². The van der Waals surface area contributed by atoms with Gasteiger partial charge in [0.1, 0.15) is 0 Å². The lowest BCUT2D eigenvalue weighted by Crippen LogP contribution is -2.18. The molecule has 5 nitrogen and oxygen atoms in total. The van der Waals surface area contributed by atoms with Crippen LogP contribution in [0.2, 0.25) is 0 Å². The number of nitrogens with one attached hydrogen (secondary N) is 1. The quantitative estimate of drug-likeness (QED) is 0.587. The monoisotopic (exact) mass is 182 g/mol. The summed E-state index contributed by atoms with van der Waals surface area (Å²) in [5.41, 5.74) is 0.162. The molecule has 0 aliphatic rings. The summed E-state index contributed by atoms with van der Waals surface area (Å²) in [6, 6.07) is 0. The number of nitrogens with zero attached hydrogens (tertiary/aromatic N) is 3. The van der Waals surface area contributed by atoms with Gasteiger partial charge in [-0.05, 0) is 12.2 Å². The molecule has 0 saturated heterocycles. The Bertz CT molecular complexity index is 534. The van der Waals surface area contributed by atoms with E-state index >= 15 is 0 Å². The summed E-state index contributed by atoms with van der Waals surface area (Å²) in [6.45, 7) is 0. The molecule has 62 valence electrons. The Kier molecular flexibility index (Phi) is 1.37. The highest BCUT2D eigenvalue weighted by Gasteiger charge is 2.01. The molecule has 0 atom stereocenters. The third-order valence-electron chi connectivity index (χ3n) is 1.66. The van der Waals surface area contributed by atoms with E-state index in [1.54, 1.807) is 19.4 Å². The molecule has 0 aromatic carbocycles. The highest BCUT2D eigenvalue weighted by atomic mass is 32.1. The van der Waals surface area contributed by atoms with Crippen LogP contribution in [0.1, 0.15) is 0 Å². The number of aromatic nitrogens is 4. The van der Waals surface area contributed by atoms with Gasteiger partial charge in [0.25, 0.3) is 5.56 Å². The van der Waals surface area contributed by atoms with E-state index in [2.05, 4.69) is 10.2 Å². The van der Waals surface area contributed by atoms with Crippen molar-refractivity contribution in [3.63, 3.8) is 0 Å². The molecule has 2 aromatic heterocycles. The molecule has 12 heavy (non-hydrogen) atoms. The molecule has 2 heterocycles. The fraction of sp³-hybridized carbons (Fsp3) is 0.167. The van der Waals surface area contributed by atoms with Crippen LogP contribution in [0.5, 0.6) is 0 Å². The van der Waals surface area contributed by atoms with Gasteiger partial charge in [-0.2, -0.15) is 0 Å². The first-order valence-corrected chi connectivity index (χ1v) is 3.73. The number of hydrogen-bond acceptors (Lipinski definition) is 3. The van der Waals surface area contributed by atoms with Crippen LogP contribution in [0.3, 0.4) is 0 Å². The van der Waals surface area contributed by atoms with Gasteiger partial charge in [-0.1, -0.05) is 0 Å². The third-order valence-corrected chi connectivity index (χ3v) is 1.94. The number of aryl methyl sites for hydroxylation is 1. The highest BCUT2D eigenvalue weighted by Crippen LogP contribution is 1.91. The summed E-state index contributed by atoms with van der Waals surface area (Å²) < 4.78 is 3.42. The summed E-state index contributed by atoms with van der Waals surface area (Å²) in [7, 11) is 1.67. The number of H-pyrrole nitrogens is 1. The fourth-order valence-corrected chi connectivity index (χ4v) is 1.18. The van der Waals surface area contributed by atoms with E-state index in [4.69, 9.17) is 12.2 Å². The Labute approximate surface area is 72.3 Å². The van der Waals surface area contributed by atoms with Crippen LogP contribution >= 0.6 is 12.2 Å². The molecule has 0 aliphatic heterocycles. The molecule has 0 amide bonds. The van der Waals surface area contributed by atoms with Gasteiger partial charge in [-0.3, -0.25) is 14.3 Å². The molecule has 0 radical (unpaired) electrons. The van der Waals surface area contributed by atoms with Crippen molar-refractivity contribution in [2.45, 2.75) is 0 Å². The topological polar surface area (TPSA) is 55.1 Å². The van der Waals surface area contributed by atoms with Crippen LogP contribution in [0.25, 0.3) is 5.65 Å². The maximum absolute atomic E-state index is 11.4. The highest BCUT2D eigenvalue weighted by molar-refractivity contribution is 7.71. The van der Waals surface area contributed by atoms with E-state index in [0.29, 0.717) is 10.4 Å². The van der Waals surface area contributed by atoms with Crippen LogP contribution in [-0.2, 0) is 7.05 Å². The van der Waals surface area contributed by atoms with Crippen molar-refractivity contribution >= 4 is 17.9 Å². The lowest BCUT2D eigenvalue weighted by molar-refractivity contribution is 0.840. The summed E-state index contributed by atoms with van der Waals surface area (Å²) in [5.74, 6) is 0. The molecule has 0 unspecified atom stereocenters. The number of rotatable bonds is 0. The van der Waals surface area contributed by atoms with E-state index in [9.17, 15) is 4.79 Å². The van der Waals surface area contributed by atoms with Crippen LogP contribution < -0.4 is 5.56 Å². The standard InChI is InChI=1S/C6H6N4OS/c1-9-2-3-10-4(5(9)11)7-8-6(10)12/h2-3H,1H3,(H,8,12). The molecule has 0 fully saturated rings. The first-order chi connectivity index (χ1) is 5.70. The van der Waals surface area contributed by atoms with Gasteiger partial charge < -0.3 is 4.57 Å². The second-order valence-corrected chi connectivity index (χ2v) is 2.82. The van der Waals surface area contributed by atoms with Gasteiger partial charge in [-0.25, -0.2) is 0 Å². The first kappa shape index (κ1) is 7.23. The van der Waals surface area contributed by atoms with E-state index < -0.39 is 0 Å². The Morgan fingerprint density at radius 1 is 1.58 bits per heavy atom. The maximum Gasteiger partial charge on any atom is 0.295 e. The van der Waals surface area contributed by atoms with Crippen molar-refractivity contribution < 1.29 is 0 Å².